The number of aromatic nitrogens is 1. The van der Waals surface area contributed by atoms with Gasteiger partial charge in [0.15, 0.2) is 21.7 Å². The Morgan fingerprint density at radius 3 is 2.83 bits per heavy atom. The van der Waals surface area contributed by atoms with Gasteiger partial charge in [0.1, 0.15) is 0 Å². The largest absolute Gasteiger partial charge is 0.490 e. The lowest BCUT2D eigenvalue weighted by Gasteiger charge is -2.16. The van der Waals surface area contributed by atoms with Crippen LogP contribution in [0.1, 0.15) is 26.3 Å². The van der Waals surface area contributed by atoms with Gasteiger partial charge in [0.25, 0.3) is 0 Å². The molecule has 7 heteroatoms. The van der Waals surface area contributed by atoms with Gasteiger partial charge in [-0.3, -0.25) is 0 Å². The molecule has 0 fully saturated rings. The maximum absolute atomic E-state index is 5.78. The molecule has 0 saturated heterocycles. The van der Waals surface area contributed by atoms with Crippen molar-refractivity contribution in [3.05, 3.63) is 35.3 Å². The molecule has 1 heterocycles. The number of thiocarbonyl (C=S) groups is 1. The zero-order chi connectivity index (χ0) is 17.4. The van der Waals surface area contributed by atoms with E-state index in [1.165, 1.54) is 16.9 Å². The van der Waals surface area contributed by atoms with Crippen molar-refractivity contribution in [1.82, 2.24) is 10.3 Å². The fourth-order valence-corrected chi connectivity index (χ4v) is 2.87. The summed E-state index contributed by atoms with van der Waals surface area (Å²) >= 11 is 6.77. The van der Waals surface area contributed by atoms with Crippen LogP contribution in [0.25, 0.3) is 0 Å². The van der Waals surface area contributed by atoms with E-state index >= 15 is 0 Å². The Morgan fingerprint density at radius 2 is 2.17 bits per heavy atom. The Kier molecular flexibility index (Phi) is 7.27. The van der Waals surface area contributed by atoms with Crippen LogP contribution >= 0.6 is 23.6 Å². The Bertz CT molecular complexity index is 645. The lowest BCUT2D eigenvalue weighted by molar-refractivity contribution is 0.223. The predicted octanol–water partition coefficient (Wildman–Crippen LogP) is 3.86. The van der Waals surface area contributed by atoms with Crippen LogP contribution in [0.4, 0.5) is 5.13 Å². The molecule has 0 atom stereocenters. The van der Waals surface area contributed by atoms with E-state index in [0.717, 1.165) is 29.6 Å². The second kappa shape index (κ2) is 9.44. The first-order valence-electron chi connectivity index (χ1n) is 7.95. The molecule has 0 radical (unpaired) electrons. The Labute approximate surface area is 152 Å². The molecule has 24 heavy (non-hydrogen) atoms. The molecule has 0 aliphatic rings. The number of benzene rings is 1. The van der Waals surface area contributed by atoms with Crippen molar-refractivity contribution in [1.29, 1.82) is 0 Å². The number of thiazole rings is 1. The van der Waals surface area contributed by atoms with Crippen molar-refractivity contribution in [2.75, 3.05) is 18.5 Å². The summed E-state index contributed by atoms with van der Waals surface area (Å²) in [5.74, 6) is 1.57. The minimum absolute atomic E-state index is 0.117. The molecule has 0 unspecified atom stereocenters. The normalized spacial score (nSPS) is 10.5. The van der Waals surface area contributed by atoms with Gasteiger partial charge in [-0.15, -0.1) is 11.3 Å². The average molecular weight is 366 g/mol. The third-order valence-electron chi connectivity index (χ3n) is 3.02. The first kappa shape index (κ1) is 18.5. The summed E-state index contributed by atoms with van der Waals surface area (Å²) in [6.45, 7) is 7.31. The highest BCUT2D eigenvalue weighted by atomic mass is 32.1. The minimum Gasteiger partial charge on any atom is -0.490 e. The van der Waals surface area contributed by atoms with E-state index in [9.17, 15) is 0 Å². The van der Waals surface area contributed by atoms with Crippen molar-refractivity contribution in [3.63, 3.8) is 0 Å². The second-order valence-corrected chi connectivity index (χ2v) is 6.65. The quantitative estimate of drug-likeness (QED) is 0.693. The van der Waals surface area contributed by atoms with E-state index in [2.05, 4.69) is 21.7 Å². The first-order valence-corrected chi connectivity index (χ1v) is 9.24. The van der Waals surface area contributed by atoms with E-state index in [1.807, 2.05) is 38.3 Å². The van der Waals surface area contributed by atoms with Crippen LogP contribution in [0.3, 0.4) is 0 Å². The van der Waals surface area contributed by atoms with E-state index in [4.69, 9.17) is 21.7 Å². The van der Waals surface area contributed by atoms with Gasteiger partial charge in [-0.05, 0) is 57.1 Å². The van der Waals surface area contributed by atoms with Crippen molar-refractivity contribution < 1.29 is 9.47 Å². The maximum Gasteiger partial charge on any atom is 0.188 e. The number of hydrogen-bond acceptors (Lipinski definition) is 5. The number of nitrogens with one attached hydrogen (secondary N) is 2. The fourth-order valence-electron chi connectivity index (χ4n) is 2.07. The summed E-state index contributed by atoms with van der Waals surface area (Å²) in [4.78, 5) is 4.14. The van der Waals surface area contributed by atoms with E-state index in [1.54, 1.807) is 6.20 Å². The van der Waals surface area contributed by atoms with Crippen molar-refractivity contribution in [3.8, 4) is 11.5 Å². The van der Waals surface area contributed by atoms with Crippen molar-refractivity contribution in [2.24, 2.45) is 0 Å². The number of ether oxygens (including phenoxy) is 2. The third-order valence-corrected chi connectivity index (χ3v) is 3.96. The SMILES string of the molecule is CCOc1cc(CCNC(=S)Nc2nccs2)ccc1OC(C)C. The van der Waals surface area contributed by atoms with Crippen LogP contribution in [0.5, 0.6) is 11.5 Å². The highest BCUT2D eigenvalue weighted by Crippen LogP contribution is 2.29. The van der Waals surface area contributed by atoms with Gasteiger partial charge in [0.05, 0.1) is 12.7 Å². The first-order chi connectivity index (χ1) is 11.6. The molecule has 0 saturated carbocycles. The molecule has 2 rings (SSSR count). The second-order valence-electron chi connectivity index (χ2n) is 5.35. The van der Waals surface area contributed by atoms with Crippen LogP contribution < -0.4 is 20.1 Å². The topological polar surface area (TPSA) is 55.4 Å². The number of anilines is 1. The lowest BCUT2D eigenvalue weighted by atomic mass is 10.1. The van der Waals surface area contributed by atoms with E-state index < -0.39 is 0 Å². The van der Waals surface area contributed by atoms with Gasteiger partial charge >= 0.3 is 0 Å². The molecular formula is C17H23N3O2S2. The highest BCUT2D eigenvalue weighted by molar-refractivity contribution is 7.80. The predicted molar refractivity (Wildman–Crippen MR) is 103 cm³/mol. The highest BCUT2D eigenvalue weighted by Gasteiger charge is 2.08. The van der Waals surface area contributed by atoms with Gasteiger partial charge in [0, 0.05) is 18.1 Å². The Hall–Kier alpha value is -1.86. The molecule has 1 aromatic heterocycles. The molecular weight excluding hydrogens is 342 g/mol. The standard InChI is InChI=1S/C17H23N3O2S2/c1-4-21-15-11-13(5-6-14(15)22-12(2)3)7-8-18-16(23)20-17-19-9-10-24-17/h5-6,9-12H,4,7-8H2,1-3H3,(H2,18,19,20,23). The molecule has 5 nitrogen and oxygen atoms in total. The van der Waals surface area contributed by atoms with Gasteiger partial charge in [-0.1, -0.05) is 6.07 Å². The molecule has 0 aliphatic carbocycles. The molecule has 2 N–H and O–H groups in total. The van der Waals surface area contributed by atoms with Crippen LogP contribution in [0.15, 0.2) is 29.8 Å². The summed E-state index contributed by atoms with van der Waals surface area (Å²) in [6, 6.07) is 6.05. The van der Waals surface area contributed by atoms with E-state index in [-0.39, 0.29) is 6.10 Å². The monoisotopic (exact) mass is 365 g/mol. The van der Waals surface area contributed by atoms with Crippen molar-refractivity contribution in [2.45, 2.75) is 33.3 Å². The molecule has 0 aliphatic heterocycles. The van der Waals surface area contributed by atoms with Crippen LogP contribution in [-0.2, 0) is 6.42 Å². The molecule has 1 aromatic carbocycles. The van der Waals surface area contributed by atoms with E-state index in [0.29, 0.717) is 11.7 Å². The molecule has 130 valence electrons. The average Bonchev–Trinajstić information content (AvgIpc) is 3.02. The lowest BCUT2D eigenvalue weighted by Crippen LogP contribution is -2.30. The zero-order valence-electron chi connectivity index (χ0n) is 14.2. The Balaban J connectivity index is 1.87. The Morgan fingerprint density at radius 1 is 1.33 bits per heavy atom. The third kappa shape index (κ3) is 5.98. The summed E-state index contributed by atoms with van der Waals surface area (Å²) in [5.41, 5.74) is 1.17. The zero-order valence-corrected chi connectivity index (χ0v) is 15.8. The summed E-state index contributed by atoms with van der Waals surface area (Å²) in [7, 11) is 0. The number of nitrogens with zero attached hydrogens (tertiary/aromatic N) is 1. The van der Waals surface area contributed by atoms with Gasteiger partial charge in [-0.2, -0.15) is 0 Å². The molecule has 2 aromatic rings. The van der Waals surface area contributed by atoms with Gasteiger partial charge < -0.3 is 20.1 Å². The smallest absolute Gasteiger partial charge is 0.188 e. The van der Waals surface area contributed by atoms with Crippen LogP contribution in [-0.4, -0.2) is 29.4 Å². The summed E-state index contributed by atoms with van der Waals surface area (Å²) in [5, 5.41) is 9.51. The minimum atomic E-state index is 0.117. The molecule has 0 bridgehead atoms. The maximum atomic E-state index is 5.78. The van der Waals surface area contributed by atoms with Crippen LogP contribution in [0, 0.1) is 0 Å². The van der Waals surface area contributed by atoms with Gasteiger partial charge in [0.2, 0.25) is 0 Å². The number of hydrogen-bond donors (Lipinski definition) is 2. The fraction of sp³-hybridized carbons (Fsp3) is 0.412. The molecule has 0 spiro atoms. The number of rotatable bonds is 8. The van der Waals surface area contributed by atoms with Gasteiger partial charge in [-0.25, -0.2) is 4.98 Å². The van der Waals surface area contributed by atoms with Crippen molar-refractivity contribution >= 4 is 33.8 Å². The molecule has 0 amide bonds. The summed E-state index contributed by atoms with van der Waals surface area (Å²) < 4.78 is 11.5. The summed E-state index contributed by atoms with van der Waals surface area (Å²) in [6.07, 6.45) is 2.69. The van der Waals surface area contributed by atoms with Crippen LogP contribution in [0.2, 0.25) is 0 Å².